The lowest BCUT2D eigenvalue weighted by molar-refractivity contribution is -0.127. The predicted octanol–water partition coefficient (Wildman–Crippen LogP) is 7.18. The Morgan fingerprint density at radius 1 is 0.542 bits per heavy atom. The van der Waals surface area contributed by atoms with Gasteiger partial charge in [0.25, 0.3) is 11.8 Å². The van der Waals surface area contributed by atoms with Crippen molar-refractivity contribution in [1.29, 1.82) is 0 Å². The lowest BCUT2D eigenvalue weighted by atomic mass is 9.94. The molecule has 0 aliphatic rings. The summed E-state index contributed by atoms with van der Waals surface area (Å²) in [6, 6.07) is 9.99. The number of carbonyl (C=O) groups excluding carboxylic acids is 4. The molecule has 0 spiro atoms. The highest BCUT2D eigenvalue weighted by atomic mass is 16.3. The molecule has 266 valence electrons. The fourth-order valence-corrected chi connectivity index (χ4v) is 5.75. The molecule has 2 atom stereocenters. The molecule has 0 fully saturated rings. The van der Waals surface area contributed by atoms with Gasteiger partial charge >= 0.3 is 0 Å². The summed E-state index contributed by atoms with van der Waals surface area (Å²) in [6.45, 7) is 8.12. The maximum absolute atomic E-state index is 12.8. The van der Waals surface area contributed by atoms with Crippen molar-refractivity contribution in [3.63, 3.8) is 0 Å². The maximum atomic E-state index is 12.8. The monoisotopic (exact) mass is 666 g/mol. The van der Waals surface area contributed by atoms with Gasteiger partial charge in [-0.25, -0.2) is 0 Å². The number of hydrogen-bond acceptors (Lipinski definition) is 6. The van der Waals surface area contributed by atoms with Crippen LogP contribution in [-0.4, -0.2) is 33.8 Å². The molecule has 0 aliphatic heterocycles. The summed E-state index contributed by atoms with van der Waals surface area (Å²) in [5.41, 5.74) is 12.1. The number of rotatable bonds is 21. The molecule has 2 aromatic carbocycles. The Morgan fingerprint density at radius 2 is 0.938 bits per heavy atom. The fraction of sp³-hybridized carbons (Fsp3) is 0.579. The Balaban J connectivity index is 1.78. The summed E-state index contributed by atoms with van der Waals surface area (Å²) < 4.78 is 0. The lowest BCUT2D eigenvalue weighted by Crippen LogP contribution is -2.44. The van der Waals surface area contributed by atoms with Crippen molar-refractivity contribution >= 4 is 23.6 Å². The first kappa shape index (κ1) is 40.1. The minimum Gasteiger partial charge on any atom is -0.507 e. The summed E-state index contributed by atoms with van der Waals surface area (Å²) in [6.07, 6.45) is 14.2. The molecule has 0 radical (unpaired) electrons. The number of carbonyl (C=O) groups is 4. The average molecular weight is 667 g/mol. The van der Waals surface area contributed by atoms with E-state index in [1.807, 2.05) is 26.0 Å². The molecule has 0 saturated carbocycles. The number of phenolic OH excluding ortho intramolecular Hbond substituents is 2. The molecule has 0 heterocycles. The van der Waals surface area contributed by atoms with Crippen LogP contribution < -0.4 is 21.7 Å². The largest absolute Gasteiger partial charge is 0.507 e. The van der Waals surface area contributed by atoms with E-state index in [4.69, 9.17) is 0 Å². The van der Waals surface area contributed by atoms with Gasteiger partial charge in [0.05, 0.1) is 11.1 Å². The second-order valence-corrected chi connectivity index (χ2v) is 12.7. The van der Waals surface area contributed by atoms with Gasteiger partial charge in [-0.15, -0.1) is 0 Å². The topological polar surface area (TPSA) is 157 Å². The second-order valence-electron chi connectivity index (χ2n) is 12.7. The zero-order chi connectivity index (χ0) is 35.3. The van der Waals surface area contributed by atoms with E-state index in [0.29, 0.717) is 38.5 Å². The molecule has 48 heavy (non-hydrogen) atoms. The number of hydrazine groups is 2. The van der Waals surface area contributed by atoms with Gasteiger partial charge in [0.2, 0.25) is 11.8 Å². The van der Waals surface area contributed by atoms with Crippen molar-refractivity contribution in [3.05, 3.63) is 58.7 Å². The molecule has 0 bridgehead atoms. The van der Waals surface area contributed by atoms with E-state index >= 15 is 0 Å². The number of amides is 4. The summed E-state index contributed by atoms with van der Waals surface area (Å²) in [4.78, 5) is 51.2. The average Bonchev–Trinajstić information content (AvgIpc) is 3.09. The quantitative estimate of drug-likeness (QED) is 0.0612. The molecule has 4 amide bonds. The lowest BCUT2D eigenvalue weighted by Gasteiger charge is -2.18. The predicted molar refractivity (Wildman–Crippen MR) is 189 cm³/mol. The first-order valence-electron chi connectivity index (χ1n) is 18.0. The summed E-state index contributed by atoms with van der Waals surface area (Å²) in [5, 5.41) is 20.4. The van der Waals surface area contributed by atoms with Crippen LogP contribution in [0.4, 0.5) is 0 Å². The molecule has 2 aromatic rings. The Labute approximate surface area is 286 Å². The van der Waals surface area contributed by atoms with E-state index in [1.165, 1.54) is 12.1 Å². The van der Waals surface area contributed by atoms with Gasteiger partial charge < -0.3 is 10.2 Å². The molecule has 0 aromatic heterocycles. The van der Waals surface area contributed by atoms with Gasteiger partial charge in [0.15, 0.2) is 0 Å². The number of unbranched alkanes of at least 4 members (excludes halogenated alkanes) is 7. The number of phenols is 2. The third-order valence-corrected chi connectivity index (χ3v) is 8.93. The normalized spacial score (nSPS) is 12.2. The molecular formula is C38H58N4O6. The molecule has 6 N–H and O–H groups in total. The minimum atomic E-state index is -0.569. The molecule has 2 rings (SSSR count). The highest BCUT2D eigenvalue weighted by Gasteiger charge is 2.21. The summed E-state index contributed by atoms with van der Waals surface area (Å²) >= 11 is 0. The molecular weight excluding hydrogens is 608 g/mol. The van der Waals surface area contributed by atoms with E-state index in [0.717, 1.165) is 75.3 Å². The Hall–Kier alpha value is -4.08. The van der Waals surface area contributed by atoms with Gasteiger partial charge in [0, 0.05) is 11.8 Å². The SMILES string of the molecule is CCCCCCc1ccc(O)c(C(=O)NNC(=O)C(CC)CCCCC(CC)C(=O)NNC(=O)c2cc(CCCCCC)ccc2O)c1. The zero-order valence-corrected chi connectivity index (χ0v) is 29.5. The first-order chi connectivity index (χ1) is 23.1. The van der Waals surface area contributed by atoms with Gasteiger partial charge in [-0.1, -0.05) is 91.2 Å². The van der Waals surface area contributed by atoms with Crippen LogP contribution in [0.2, 0.25) is 0 Å². The highest BCUT2D eigenvalue weighted by Crippen LogP contribution is 2.22. The standard InChI is InChI=1S/C38H58N4O6/c1-5-9-11-13-17-27-21-23-33(43)31(25-27)37(47)41-39-35(45)29(7-3)19-15-16-20-30(8-4)36(46)40-42-38(48)32-26-28(22-24-34(32)44)18-14-12-10-6-2/h21-26,29-30,43-44H,5-20H2,1-4H3,(H,39,45)(H,40,46)(H,41,47)(H,42,48). The number of nitrogens with one attached hydrogen (secondary N) is 4. The van der Waals surface area contributed by atoms with Gasteiger partial charge in [-0.05, 0) is 86.8 Å². The van der Waals surface area contributed by atoms with Crippen molar-refractivity contribution in [2.24, 2.45) is 11.8 Å². The number of aromatic hydroxyl groups is 2. The number of hydrogen-bond donors (Lipinski definition) is 6. The minimum absolute atomic E-state index is 0.125. The summed E-state index contributed by atoms with van der Waals surface area (Å²) in [5.74, 6) is -2.68. The Morgan fingerprint density at radius 3 is 1.29 bits per heavy atom. The highest BCUT2D eigenvalue weighted by molar-refractivity contribution is 5.98. The fourth-order valence-electron chi connectivity index (χ4n) is 5.75. The van der Waals surface area contributed by atoms with Crippen LogP contribution in [0, 0.1) is 11.8 Å². The van der Waals surface area contributed by atoms with Crippen LogP contribution in [0.3, 0.4) is 0 Å². The van der Waals surface area contributed by atoms with Crippen molar-refractivity contribution in [3.8, 4) is 11.5 Å². The summed E-state index contributed by atoms with van der Waals surface area (Å²) in [7, 11) is 0. The van der Waals surface area contributed by atoms with Crippen LogP contribution in [0.5, 0.6) is 11.5 Å². The van der Waals surface area contributed by atoms with Crippen molar-refractivity contribution in [1.82, 2.24) is 21.7 Å². The molecule has 2 unspecified atom stereocenters. The second kappa shape index (κ2) is 22.5. The van der Waals surface area contributed by atoms with Crippen molar-refractivity contribution in [2.75, 3.05) is 0 Å². The van der Waals surface area contributed by atoms with E-state index in [-0.39, 0.29) is 46.3 Å². The number of aryl methyl sites for hydroxylation is 2. The third kappa shape index (κ3) is 14.0. The van der Waals surface area contributed by atoms with Crippen molar-refractivity contribution < 1.29 is 29.4 Å². The smallest absolute Gasteiger partial charge is 0.273 e. The van der Waals surface area contributed by atoms with Crippen LogP contribution in [0.25, 0.3) is 0 Å². The van der Waals surface area contributed by atoms with E-state index in [2.05, 4.69) is 35.6 Å². The molecule has 0 aliphatic carbocycles. The molecule has 10 heteroatoms. The van der Waals surface area contributed by atoms with Crippen LogP contribution in [0.15, 0.2) is 36.4 Å². The Kier molecular flexibility index (Phi) is 18.8. The number of benzene rings is 2. The Bertz CT molecular complexity index is 1210. The van der Waals surface area contributed by atoms with Crippen LogP contribution in [-0.2, 0) is 22.4 Å². The van der Waals surface area contributed by atoms with Crippen LogP contribution in [0.1, 0.15) is 149 Å². The molecule has 10 nitrogen and oxygen atoms in total. The van der Waals surface area contributed by atoms with Gasteiger partial charge in [0.1, 0.15) is 11.5 Å². The van der Waals surface area contributed by atoms with E-state index in [9.17, 15) is 29.4 Å². The first-order valence-corrected chi connectivity index (χ1v) is 18.0. The van der Waals surface area contributed by atoms with E-state index in [1.54, 1.807) is 12.1 Å². The van der Waals surface area contributed by atoms with Crippen LogP contribution >= 0.6 is 0 Å². The van der Waals surface area contributed by atoms with Gasteiger partial charge in [-0.3, -0.25) is 40.9 Å². The van der Waals surface area contributed by atoms with Gasteiger partial charge in [-0.2, -0.15) is 0 Å². The van der Waals surface area contributed by atoms with E-state index < -0.39 is 11.8 Å². The molecule has 0 saturated heterocycles. The zero-order valence-electron chi connectivity index (χ0n) is 29.5. The maximum Gasteiger partial charge on any atom is 0.273 e. The third-order valence-electron chi connectivity index (χ3n) is 8.93. The van der Waals surface area contributed by atoms with Crippen molar-refractivity contribution in [2.45, 2.75) is 130 Å².